The van der Waals surface area contributed by atoms with E-state index < -0.39 is 16.1 Å². The molecule has 2 aromatic rings. The Bertz CT molecular complexity index is 1020. The van der Waals surface area contributed by atoms with Crippen LogP contribution < -0.4 is 10.6 Å². The van der Waals surface area contributed by atoms with Gasteiger partial charge in [-0.25, -0.2) is 8.42 Å². The smallest absolute Gasteiger partial charge is 0.246 e. The summed E-state index contributed by atoms with van der Waals surface area (Å²) in [7, 11) is -3.60. The van der Waals surface area contributed by atoms with E-state index in [4.69, 9.17) is 5.26 Å². The van der Waals surface area contributed by atoms with E-state index in [2.05, 4.69) is 10.6 Å². The Morgan fingerprint density at radius 1 is 1.14 bits per heavy atom. The number of aryl methyl sites for hydroxylation is 1. The summed E-state index contributed by atoms with van der Waals surface area (Å²) < 4.78 is 27.2. The topological polar surface area (TPSA) is 102 Å². The van der Waals surface area contributed by atoms with E-state index in [-0.39, 0.29) is 10.8 Å². The van der Waals surface area contributed by atoms with Gasteiger partial charge in [-0.05, 0) is 49.7 Å². The van der Waals surface area contributed by atoms with Gasteiger partial charge in [-0.1, -0.05) is 26.0 Å². The molecule has 2 rings (SSSR count). The van der Waals surface area contributed by atoms with E-state index in [1.54, 1.807) is 70.2 Å². The van der Waals surface area contributed by atoms with Crippen LogP contribution in [0.25, 0.3) is 0 Å². The van der Waals surface area contributed by atoms with Crippen LogP contribution in [0.3, 0.4) is 0 Å². The van der Waals surface area contributed by atoms with Crippen molar-refractivity contribution >= 4 is 27.3 Å². The minimum Gasteiger partial charge on any atom is -0.374 e. The molecule has 0 saturated heterocycles. The number of hydrogen-bond acceptors (Lipinski definition) is 5. The Hall–Kier alpha value is -2.89. The maximum atomic E-state index is 12.9. The molecule has 0 bridgehead atoms. The molecule has 0 aliphatic heterocycles. The maximum Gasteiger partial charge on any atom is 0.246 e. The number of rotatable bonds is 8. The lowest BCUT2D eigenvalue weighted by Crippen LogP contribution is -2.33. The fourth-order valence-electron chi connectivity index (χ4n) is 2.90. The van der Waals surface area contributed by atoms with Gasteiger partial charge in [0, 0.05) is 24.5 Å². The zero-order chi connectivity index (χ0) is 21.6. The number of amides is 1. The number of carbonyl (C=O) groups is 1. The van der Waals surface area contributed by atoms with Gasteiger partial charge in [-0.15, -0.1) is 0 Å². The molecule has 29 heavy (non-hydrogen) atoms. The average molecular weight is 415 g/mol. The fraction of sp³-hybridized carbons (Fsp3) is 0.333. The maximum absolute atomic E-state index is 12.9. The van der Waals surface area contributed by atoms with Crippen molar-refractivity contribution in [2.45, 2.75) is 38.6 Å². The first-order valence-electron chi connectivity index (χ1n) is 9.41. The van der Waals surface area contributed by atoms with Crippen molar-refractivity contribution in [3.63, 3.8) is 0 Å². The van der Waals surface area contributed by atoms with Gasteiger partial charge in [0.25, 0.3) is 0 Å². The van der Waals surface area contributed by atoms with Crippen LogP contribution in [-0.4, -0.2) is 37.8 Å². The van der Waals surface area contributed by atoms with Crippen LogP contribution in [0.2, 0.25) is 0 Å². The second-order valence-electron chi connectivity index (χ2n) is 6.62. The molecule has 0 saturated carbocycles. The summed E-state index contributed by atoms with van der Waals surface area (Å²) in [5.74, 6) is -0.297. The summed E-state index contributed by atoms with van der Waals surface area (Å²) in [5.41, 5.74) is 2.16. The number of sulfonamides is 1. The predicted octanol–water partition coefficient (Wildman–Crippen LogP) is 3.34. The minimum atomic E-state index is -3.60. The molecule has 2 aromatic carbocycles. The quantitative estimate of drug-likeness (QED) is 0.690. The third kappa shape index (κ3) is 5.34. The zero-order valence-electron chi connectivity index (χ0n) is 17.1. The molecule has 0 spiro atoms. The number of anilines is 2. The normalized spacial score (nSPS) is 12.3. The lowest BCUT2D eigenvalue weighted by Gasteiger charge is -2.21. The van der Waals surface area contributed by atoms with Crippen LogP contribution >= 0.6 is 0 Å². The summed E-state index contributed by atoms with van der Waals surface area (Å²) in [6, 6.07) is 13.1. The molecule has 0 aliphatic carbocycles. The molecule has 8 heteroatoms. The number of hydrogen-bond donors (Lipinski definition) is 2. The third-order valence-corrected chi connectivity index (χ3v) is 6.74. The molecule has 0 radical (unpaired) electrons. The lowest BCUT2D eigenvalue weighted by atomic mass is 10.2. The molecule has 0 fully saturated rings. The number of benzene rings is 2. The van der Waals surface area contributed by atoms with Crippen LogP contribution in [0, 0.1) is 18.3 Å². The van der Waals surface area contributed by atoms with Crippen LogP contribution in [0.15, 0.2) is 47.4 Å². The molecule has 154 valence electrons. The summed E-state index contributed by atoms with van der Waals surface area (Å²) in [4.78, 5) is 12.7. The van der Waals surface area contributed by atoms with E-state index in [9.17, 15) is 13.2 Å². The second kappa shape index (κ2) is 9.54. The molecule has 0 heterocycles. The van der Waals surface area contributed by atoms with E-state index in [0.717, 1.165) is 0 Å². The zero-order valence-corrected chi connectivity index (χ0v) is 17.9. The number of carbonyl (C=O) groups excluding carboxylic acids is 1. The molecule has 1 unspecified atom stereocenters. The molecule has 1 atom stereocenters. The fourth-order valence-corrected chi connectivity index (χ4v) is 4.61. The Kier molecular flexibility index (Phi) is 7.37. The van der Waals surface area contributed by atoms with Crippen molar-refractivity contribution in [3.8, 4) is 6.07 Å². The van der Waals surface area contributed by atoms with Gasteiger partial charge in [0.2, 0.25) is 15.9 Å². The molecule has 0 aromatic heterocycles. The van der Waals surface area contributed by atoms with Gasteiger partial charge in [-0.2, -0.15) is 9.57 Å². The van der Waals surface area contributed by atoms with Crippen molar-refractivity contribution in [2.24, 2.45) is 0 Å². The molecular weight excluding hydrogens is 388 g/mol. The summed E-state index contributed by atoms with van der Waals surface area (Å²) in [6.07, 6.45) is 0. The Balaban J connectivity index is 2.19. The van der Waals surface area contributed by atoms with Crippen LogP contribution in [0.4, 0.5) is 11.4 Å². The summed E-state index contributed by atoms with van der Waals surface area (Å²) in [5, 5.41) is 14.8. The van der Waals surface area contributed by atoms with E-state index in [1.807, 2.05) is 6.07 Å². The second-order valence-corrected chi connectivity index (χ2v) is 8.52. The lowest BCUT2D eigenvalue weighted by molar-refractivity contribution is -0.116. The standard InChI is InChI=1S/C21H26N4O3S/c1-5-25(6-2)29(27,28)20-13-19(11-10-15(20)3)23-16(4)21(26)24-18-9-7-8-17(12-18)14-22/h7-13,16,23H,5-6H2,1-4H3,(H,24,26). The Morgan fingerprint density at radius 2 is 1.83 bits per heavy atom. The van der Waals surface area contributed by atoms with E-state index in [0.29, 0.717) is 35.6 Å². The van der Waals surface area contributed by atoms with Gasteiger partial charge >= 0.3 is 0 Å². The van der Waals surface area contributed by atoms with Crippen molar-refractivity contribution < 1.29 is 13.2 Å². The summed E-state index contributed by atoms with van der Waals surface area (Å²) >= 11 is 0. The van der Waals surface area contributed by atoms with Gasteiger partial charge in [0.15, 0.2) is 0 Å². The van der Waals surface area contributed by atoms with Crippen molar-refractivity contribution in [1.29, 1.82) is 5.26 Å². The first kappa shape index (κ1) is 22.4. The highest BCUT2D eigenvalue weighted by molar-refractivity contribution is 7.89. The van der Waals surface area contributed by atoms with Crippen LogP contribution in [0.1, 0.15) is 31.9 Å². The molecule has 2 N–H and O–H groups in total. The number of nitrogens with one attached hydrogen (secondary N) is 2. The molecule has 7 nitrogen and oxygen atoms in total. The first-order valence-corrected chi connectivity index (χ1v) is 10.8. The highest BCUT2D eigenvalue weighted by atomic mass is 32.2. The summed E-state index contributed by atoms with van der Waals surface area (Å²) in [6.45, 7) is 7.80. The SMILES string of the molecule is CCN(CC)S(=O)(=O)c1cc(NC(C)C(=O)Nc2cccc(C#N)c2)ccc1C. The van der Waals surface area contributed by atoms with Crippen LogP contribution in [0.5, 0.6) is 0 Å². The predicted molar refractivity (Wildman–Crippen MR) is 114 cm³/mol. The van der Waals surface area contributed by atoms with Gasteiger partial charge in [0.05, 0.1) is 16.5 Å². The highest BCUT2D eigenvalue weighted by Gasteiger charge is 2.24. The largest absolute Gasteiger partial charge is 0.374 e. The Morgan fingerprint density at radius 3 is 2.45 bits per heavy atom. The average Bonchev–Trinajstić information content (AvgIpc) is 2.70. The van der Waals surface area contributed by atoms with Crippen LogP contribution in [-0.2, 0) is 14.8 Å². The minimum absolute atomic E-state index is 0.223. The third-order valence-electron chi connectivity index (χ3n) is 4.55. The molecule has 1 amide bonds. The van der Waals surface area contributed by atoms with Crippen molar-refractivity contribution in [3.05, 3.63) is 53.6 Å². The number of nitriles is 1. The van der Waals surface area contributed by atoms with Crippen molar-refractivity contribution in [1.82, 2.24) is 4.31 Å². The van der Waals surface area contributed by atoms with Gasteiger partial charge in [-0.3, -0.25) is 4.79 Å². The molecular formula is C21H26N4O3S. The number of nitrogens with zero attached hydrogens (tertiary/aromatic N) is 2. The highest BCUT2D eigenvalue weighted by Crippen LogP contribution is 2.24. The van der Waals surface area contributed by atoms with E-state index >= 15 is 0 Å². The van der Waals surface area contributed by atoms with Gasteiger partial charge < -0.3 is 10.6 Å². The van der Waals surface area contributed by atoms with Crippen molar-refractivity contribution in [2.75, 3.05) is 23.7 Å². The molecule has 0 aliphatic rings. The van der Waals surface area contributed by atoms with E-state index in [1.165, 1.54) is 4.31 Å². The monoisotopic (exact) mass is 414 g/mol. The van der Waals surface area contributed by atoms with Gasteiger partial charge in [0.1, 0.15) is 6.04 Å². The first-order chi connectivity index (χ1) is 13.7. The Labute approximate surface area is 172 Å².